The summed E-state index contributed by atoms with van der Waals surface area (Å²) >= 11 is 0. The van der Waals surface area contributed by atoms with E-state index >= 15 is 0 Å². The molecule has 11 nitrogen and oxygen atoms in total. The molecule has 3 heterocycles. The van der Waals surface area contributed by atoms with Gasteiger partial charge in [-0.25, -0.2) is 15.0 Å². The molecule has 28 heavy (non-hydrogen) atoms. The summed E-state index contributed by atoms with van der Waals surface area (Å²) in [5.74, 6) is 0.336. The summed E-state index contributed by atoms with van der Waals surface area (Å²) < 4.78 is 7.42. The number of nitrogen functional groups attached to an aromatic ring is 1. The van der Waals surface area contributed by atoms with E-state index in [2.05, 4.69) is 15.0 Å². The third kappa shape index (κ3) is 4.47. The number of imidazole rings is 1. The van der Waals surface area contributed by atoms with Crippen LogP contribution in [-0.4, -0.2) is 82.9 Å². The summed E-state index contributed by atoms with van der Waals surface area (Å²) in [6.45, 7) is 0. The van der Waals surface area contributed by atoms with Crippen molar-refractivity contribution >= 4 is 46.3 Å². The van der Waals surface area contributed by atoms with E-state index in [-0.39, 0.29) is 18.2 Å². The van der Waals surface area contributed by atoms with Gasteiger partial charge >= 0.3 is 5.97 Å². The van der Waals surface area contributed by atoms with E-state index in [0.717, 1.165) is 0 Å². The Balaban J connectivity index is 0.00000280. The number of fused-ring (bicyclic) bond motifs is 1. The van der Waals surface area contributed by atoms with E-state index in [1.165, 1.54) is 17.2 Å². The minimum absolute atomic E-state index is 0. The molecular formula is C15H25ClN6O5S. The Bertz CT molecular complexity index is 825. The van der Waals surface area contributed by atoms with Crippen LogP contribution >= 0.6 is 23.3 Å². The van der Waals surface area contributed by atoms with Crippen LogP contribution in [0.15, 0.2) is 12.7 Å². The zero-order valence-electron chi connectivity index (χ0n) is 15.1. The molecule has 1 unspecified atom stereocenters. The fourth-order valence-corrected chi connectivity index (χ4v) is 4.87. The number of hydrogen-bond acceptors (Lipinski definition) is 9. The Morgan fingerprint density at radius 1 is 1.36 bits per heavy atom. The van der Waals surface area contributed by atoms with E-state index in [1.807, 2.05) is 6.26 Å². The fourth-order valence-electron chi connectivity index (χ4n) is 3.05. The molecule has 6 atom stereocenters. The number of aliphatic carboxylic acids is 1. The highest BCUT2D eigenvalue weighted by atomic mass is 35.5. The quantitative estimate of drug-likeness (QED) is 0.291. The highest BCUT2D eigenvalue weighted by Crippen LogP contribution is 2.36. The number of carboxylic acid groups (broad SMARTS) is 1. The summed E-state index contributed by atoms with van der Waals surface area (Å²) in [6.07, 6.45) is 1.40. The van der Waals surface area contributed by atoms with E-state index in [0.29, 0.717) is 29.1 Å². The molecule has 0 bridgehead atoms. The van der Waals surface area contributed by atoms with E-state index in [9.17, 15) is 15.0 Å². The first-order valence-corrected chi connectivity index (χ1v) is 10.6. The first kappa shape index (κ1) is 22.6. The molecule has 1 fully saturated rings. The molecule has 7 N–H and O–H groups in total. The number of nitrogens with zero attached hydrogens (tertiary/aromatic N) is 4. The third-order valence-electron chi connectivity index (χ3n) is 4.63. The molecule has 0 saturated carbocycles. The summed E-state index contributed by atoms with van der Waals surface area (Å²) in [7, 11) is -0.621. The van der Waals surface area contributed by atoms with Gasteiger partial charge in [0.25, 0.3) is 0 Å². The van der Waals surface area contributed by atoms with Gasteiger partial charge in [0.15, 0.2) is 17.7 Å². The van der Waals surface area contributed by atoms with Crippen LogP contribution in [0.5, 0.6) is 0 Å². The number of aliphatic hydroxyl groups excluding tert-OH is 2. The second-order valence-corrected chi connectivity index (χ2v) is 9.15. The minimum atomic E-state index is -1.16. The number of aliphatic hydroxyl groups is 2. The molecule has 1 aliphatic rings. The zero-order valence-corrected chi connectivity index (χ0v) is 16.8. The Labute approximate surface area is 169 Å². The lowest BCUT2D eigenvalue weighted by Crippen LogP contribution is -2.34. The van der Waals surface area contributed by atoms with Crippen LogP contribution in [-0.2, 0) is 9.53 Å². The number of halogens is 1. The largest absolute Gasteiger partial charge is 0.480 e. The maximum absolute atomic E-state index is 10.8. The van der Waals surface area contributed by atoms with Gasteiger partial charge in [-0.2, -0.15) is 0 Å². The highest BCUT2D eigenvalue weighted by molar-refractivity contribution is 8.16. The number of nitrogens with two attached hydrogens (primary N) is 2. The van der Waals surface area contributed by atoms with Crippen molar-refractivity contribution in [2.45, 2.75) is 37.0 Å². The van der Waals surface area contributed by atoms with Crippen LogP contribution in [0.1, 0.15) is 12.6 Å². The summed E-state index contributed by atoms with van der Waals surface area (Å²) in [5, 5.41) is 29.7. The van der Waals surface area contributed by atoms with Gasteiger partial charge < -0.3 is 31.5 Å². The number of aromatic nitrogens is 4. The van der Waals surface area contributed by atoms with Gasteiger partial charge in [0.2, 0.25) is 0 Å². The van der Waals surface area contributed by atoms with Gasteiger partial charge in [0.1, 0.15) is 30.1 Å². The molecule has 0 amide bonds. The first-order valence-electron chi connectivity index (χ1n) is 8.41. The zero-order chi connectivity index (χ0) is 19.7. The van der Waals surface area contributed by atoms with Crippen molar-refractivity contribution in [3.05, 3.63) is 12.7 Å². The van der Waals surface area contributed by atoms with Crippen molar-refractivity contribution < 1.29 is 24.9 Å². The molecule has 0 radical (unpaired) electrons. The Morgan fingerprint density at radius 3 is 2.75 bits per heavy atom. The Hall–Kier alpha value is -1.70. The van der Waals surface area contributed by atoms with Crippen LogP contribution in [0.25, 0.3) is 11.2 Å². The second kappa shape index (κ2) is 9.20. The van der Waals surface area contributed by atoms with Gasteiger partial charge in [0.05, 0.1) is 12.4 Å². The number of anilines is 1. The first-order chi connectivity index (χ1) is 12.8. The van der Waals surface area contributed by atoms with Crippen molar-refractivity contribution in [2.75, 3.05) is 23.5 Å². The van der Waals surface area contributed by atoms with Gasteiger partial charge in [-0.15, -0.1) is 12.4 Å². The van der Waals surface area contributed by atoms with Crippen LogP contribution in [0, 0.1) is 0 Å². The average molecular weight is 437 g/mol. The second-order valence-electron chi connectivity index (χ2n) is 6.62. The standard InChI is InChI=1S/C15H24N6O5S.ClH/c1-27(3-2-7(16)15(24)25)4-8-10(22)11(23)14(26-8)21-6-20-9-12(17)18-5-19-13(9)21;/h5-8,10-11,14,22-23,27H,2-4,16H2,1H3,(H,24,25)(H2,17,18,19);1H/t7-,8+,10+,11+,14+;/m0./s1. The Kier molecular flexibility index (Phi) is 7.42. The third-order valence-corrected chi connectivity index (χ3v) is 6.63. The van der Waals surface area contributed by atoms with Crippen LogP contribution in [0.3, 0.4) is 0 Å². The topological polar surface area (TPSA) is 183 Å². The molecular weight excluding hydrogens is 412 g/mol. The average Bonchev–Trinajstić information content (AvgIpc) is 3.17. The number of hydrogen-bond donors (Lipinski definition) is 6. The molecule has 13 heteroatoms. The predicted octanol–water partition coefficient (Wildman–Crippen LogP) is -1.12. The maximum atomic E-state index is 10.8. The van der Waals surface area contributed by atoms with Crippen molar-refractivity contribution in [1.29, 1.82) is 0 Å². The highest BCUT2D eigenvalue weighted by Gasteiger charge is 2.44. The molecule has 2 aromatic heterocycles. The monoisotopic (exact) mass is 436 g/mol. The summed E-state index contributed by atoms with van der Waals surface area (Å²) in [5.41, 5.74) is 12.1. The number of carbonyl (C=O) groups is 1. The molecule has 0 spiro atoms. The van der Waals surface area contributed by atoms with E-state index in [4.69, 9.17) is 21.3 Å². The van der Waals surface area contributed by atoms with Gasteiger partial charge in [0, 0.05) is 5.75 Å². The lowest BCUT2D eigenvalue weighted by Gasteiger charge is -2.23. The van der Waals surface area contributed by atoms with Crippen molar-refractivity contribution in [3.63, 3.8) is 0 Å². The van der Waals surface area contributed by atoms with Gasteiger partial charge in [-0.05, 0) is 18.4 Å². The van der Waals surface area contributed by atoms with Crippen molar-refractivity contribution in [1.82, 2.24) is 19.5 Å². The molecule has 1 aliphatic heterocycles. The maximum Gasteiger partial charge on any atom is 0.320 e. The van der Waals surface area contributed by atoms with Crippen LogP contribution in [0.2, 0.25) is 0 Å². The predicted molar refractivity (Wildman–Crippen MR) is 108 cm³/mol. The number of ether oxygens (including phenoxy) is 1. The molecule has 1 saturated heterocycles. The van der Waals surface area contributed by atoms with E-state index < -0.39 is 47.4 Å². The van der Waals surface area contributed by atoms with Gasteiger partial charge in [-0.3, -0.25) is 20.3 Å². The number of rotatable bonds is 7. The van der Waals surface area contributed by atoms with E-state index in [1.54, 1.807) is 0 Å². The normalized spacial score (nSPS) is 27.4. The summed E-state index contributed by atoms with van der Waals surface area (Å²) in [4.78, 5) is 23.0. The van der Waals surface area contributed by atoms with Crippen molar-refractivity contribution in [3.8, 4) is 0 Å². The molecule has 2 aromatic rings. The lowest BCUT2D eigenvalue weighted by molar-refractivity contribution is -0.138. The van der Waals surface area contributed by atoms with Crippen molar-refractivity contribution in [2.24, 2.45) is 5.73 Å². The van der Waals surface area contributed by atoms with Gasteiger partial charge in [-0.1, -0.05) is 0 Å². The Morgan fingerprint density at radius 2 is 2.07 bits per heavy atom. The minimum Gasteiger partial charge on any atom is -0.480 e. The SMILES string of the molecule is C[SH](CC[C@H](N)C(=O)O)C[C@H]1O[C@@H](n2cnc3c(N)ncnc32)[C@H](O)[C@@H]1O.Cl. The molecule has 3 rings (SSSR count). The molecule has 0 aromatic carbocycles. The smallest absolute Gasteiger partial charge is 0.320 e. The van der Waals surface area contributed by atoms with Crippen LogP contribution < -0.4 is 11.5 Å². The fraction of sp³-hybridized carbons (Fsp3) is 0.600. The number of carboxylic acids is 1. The summed E-state index contributed by atoms with van der Waals surface area (Å²) in [6, 6.07) is -0.898. The lowest BCUT2D eigenvalue weighted by atomic mass is 10.1. The van der Waals surface area contributed by atoms with Crippen LogP contribution in [0.4, 0.5) is 5.82 Å². The number of thiol groups is 1. The molecule has 158 valence electrons. The molecule has 0 aliphatic carbocycles.